The van der Waals surface area contributed by atoms with Crippen molar-refractivity contribution < 1.29 is 37.3 Å². The summed E-state index contributed by atoms with van der Waals surface area (Å²) >= 11 is 0. The van der Waals surface area contributed by atoms with E-state index in [1.54, 1.807) is 43.1 Å². The molecule has 0 radical (unpaired) electrons. The molecule has 2 atom stereocenters. The van der Waals surface area contributed by atoms with Crippen molar-refractivity contribution in [1.82, 2.24) is 13.8 Å². The van der Waals surface area contributed by atoms with E-state index in [0.717, 1.165) is 20.8 Å². The summed E-state index contributed by atoms with van der Waals surface area (Å²) in [5, 5.41) is 10.4. The predicted molar refractivity (Wildman–Crippen MR) is 152 cm³/mol. The van der Waals surface area contributed by atoms with Crippen LogP contribution < -0.4 is 4.74 Å². The smallest absolute Gasteiger partial charge is 0.288 e. The Hall–Kier alpha value is -3.71. The van der Waals surface area contributed by atoms with Gasteiger partial charge in [-0.1, -0.05) is 18.2 Å². The number of hydrogen-bond acceptors (Lipinski definition) is 8. The van der Waals surface area contributed by atoms with Gasteiger partial charge in [0.15, 0.2) is 5.76 Å². The lowest BCUT2D eigenvalue weighted by molar-refractivity contribution is -0.151. The van der Waals surface area contributed by atoms with Crippen molar-refractivity contribution >= 4 is 32.7 Å². The van der Waals surface area contributed by atoms with Gasteiger partial charge in [0.1, 0.15) is 5.75 Å². The minimum atomic E-state index is -3.92. The number of para-hydroxylation sites is 1. The van der Waals surface area contributed by atoms with Gasteiger partial charge < -0.3 is 24.2 Å². The summed E-state index contributed by atoms with van der Waals surface area (Å²) in [7, 11) is 0.802. The summed E-state index contributed by atoms with van der Waals surface area (Å²) in [6.45, 7) is 0.888. The molecule has 2 aromatic carbocycles. The topological polar surface area (TPSA) is 128 Å². The molecular weight excluding hydrogens is 550 g/mol. The number of methoxy groups -OCH3 is 1. The number of ether oxygens (including phenoxy) is 3. The molecule has 0 saturated carbocycles. The number of aliphatic hydroxyl groups is 1. The molecule has 4 rings (SSSR count). The molecule has 0 saturated heterocycles. The summed E-state index contributed by atoms with van der Waals surface area (Å²) < 4.78 is 46.2. The number of sulfonamides is 1. The fourth-order valence-electron chi connectivity index (χ4n) is 4.76. The van der Waals surface area contributed by atoms with Crippen molar-refractivity contribution in [2.75, 3.05) is 47.5 Å². The van der Waals surface area contributed by atoms with Gasteiger partial charge in [-0.25, -0.2) is 8.42 Å². The highest BCUT2D eigenvalue weighted by molar-refractivity contribution is 7.89. The predicted octanol–water partition coefficient (Wildman–Crippen LogP) is 2.81. The van der Waals surface area contributed by atoms with Crippen LogP contribution >= 0.6 is 0 Å². The second kappa shape index (κ2) is 12.9. The lowest BCUT2D eigenvalue weighted by Crippen LogP contribution is -2.38. The molecule has 0 spiro atoms. The zero-order valence-corrected chi connectivity index (χ0v) is 24.3. The summed E-state index contributed by atoms with van der Waals surface area (Å²) in [6.07, 6.45) is 2.99. The number of allylic oxidation sites excluding steroid dienone is 1. The first kappa shape index (κ1) is 30.3. The molecule has 1 aliphatic rings. The summed E-state index contributed by atoms with van der Waals surface area (Å²) in [5.41, 5.74) is 1.61. The van der Waals surface area contributed by atoms with E-state index in [4.69, 9.17) is 14.2 Å². The summed E-state index contributed by atoms with van der Waals surface area (Å²) in [6, 6.07) is 13.5. The van der Waals surface area contributed by atoms with Gasteiger partial charge in [0, 0.05) is 58.0 Å². The van der Waals surface area contributed by atoms with Crippen LogP contribution in [0.5, 0.6) is 5.75 Å². The molecule has 11 nitrogen and oxygen atoms in total. The van der Waals surface area contributed by atoms with E-state index in [2.05, 4.69) is 0 Å². The van der Waals surface area contributed by atoms with Gasteiger partial charge in [0.25, 0.3) is 5.91 Å². The Morgan fingerprint density at radius 3 is 2.44 bits per heavy atom. The van der Waals surface area contributed by atoms with Crippen molar-refractivity contribution in [2.24, 2.45) is 0 Å². The Bertz CT molecular complexity index is 1530. The van der Waals surface area contributed by atoms with Gasteiger partial charge in [-0.3, -0.25) is 14.2 Å². The van der Waals surface area contributed by atoms with Crippen LogP contribution in [0.1, 0.15) is 29.6 Å². The largest absolute Gasteiger partial charge is 0.497 e. The fourth-order valence-corrected chi connectivity index (χ4v) is 6.17. The minimum Gasteiger partial charge on any atom is -0.497 e. The SMILES string of the molecule is COc1ccc(S(=O)(=O)N(CCO)CCO[C@H]2C[C@@H](c3cn(C(C)=O)c4ccccc34)C=C(C(=O)N(C)C)O2)cc1. The molecule has 41 heavy (non-hydrogen) atoms. The Labute approximate surface area is 239 Å². The van der Waals surface area contributed by atoms with E-state index in [1.165, 1.54) is 31.1 Å². The number of hydrogen-bond donors (Lipinski definition) is 1. The Kier molecular flexibility index (Phi) is 9.49. The van der Waals surface area contributed by atoms with E-state index >= 15 is 0 Å². The minimum absolute atomic E-state index is 0.0502. The van der Waals surface area contributed by atoms with Crippen molar-refractivity contribution in [1.29, 1.82) is 0 Å². The Morgan fingerprint density at radius 2 is 1.80 bits per heavy atom. The highest BCUT2D eigenvalue weighted by Crippen LogP contribution is 2.36. The van der Waals surface area contributed by atoms with E-state index in [-0.39, 0.29) is 54.7 Å². The third-order valence-electron chi connectivity index (χ3n) is 6.85. The normalized spacial score (nSPS) is 17.3. The third-order valence-corrected chi connectivity index (χ3v) is 8.76. The number of carbonyl (C=O) groups is 2. The van der Waals surface area contributed by atoms with Crippen LogP contribution in [-0.2, 0) is 24.3 Å². The maximum atomic E-state index is 13.2. The molecule has 220 valence electrons. The van der Waals surface area contributed by atoms with E-state index in [0.29, 0.717) is 12.2 Å². The monoisotopic (exact) mass is 585 g/mol. The number of fused-ring (bicyclic) bond motifs is 1. The highest BCUT2D eigenvalue weighted by Gasteiger charge is 2.32. The van der Waals surface area contributed by atoms with E-state index in [1.807, 2.05) is 24.3 Å². The molecule has 2 heterocycles. The van der Waals surface area contributed by atoms with Crippen LogP contribution in [-0.4, -0.2) is 92.9 Å². The first-order valence-corrected chi connectivity index (χ1v) is 14.6. The number of aliphatic hydroxyl groups excluding tert-OH is 1. The Morgan fingerprint density at radius 1 is 1.10 bits per heavy atom. The number of rotatable bonds is 11. The zero-order chi connectivity index (χ0) is 29.7. The van der Waals surface area contributed by atoms with Gasteiger partial charge in [-0.15, -0.1) is 0 Å². The molecule has 0 unspecified atom stereocenters. The van der Waals surface area contributed by atoms with Crippen LogP contribution in [0.3, 0.4) is 0 Å². The maximum absolute atomic E-state index is 13.2. The third kappa shape index (κ3) is 6.62. The lowest BCUT2D eigenvalue weighted by atomic mass is 9.92. The van der Waals surface area contributed by atoms with Crippen molar-refractivity contribution in [2.45, 2.75) is 30.4 Å². The van der Waals surface area contributed by atoms with Gasteiger partial charge in [-0.2, -0.15) is 4.31 Å². The molecule has 12 heteroatoms. The molecule has 0 bridgehead atoms. The molecule has 1 amide bonds. The maximum Gasteiger partial charge on any atom is 0.288 e. The zero-order valence-electron chi connectivity index (χ0n) is 23.5. The number of carbonyl (C=O) groups excluding carboxylic acids is 2. The molecule has 1 N–H and O–H groups in total. The molecule has 1 aromatic heterocycles. The molecule has 1 aliphatic heterocycles. The lowest BCUT2D eigenvalue weighted by Gasteiger charge is -2.30. The number of benzene rings is 2. The number of aromatic nitrogens is 1. The van der Waals surface area contributed by atoms with Gasteiger partial charge in [0.05, 0.1) is 30.7 Å². The number of nitrogens with zero attached hydrogens (tertiary/aromatic N) is 3. The van der Waals surface area contributed by atoms with Crippen LogP contribution in [0.2, 0.25) is 0 Å². The van der Waals surface area contributed by atoms with Crippen molar-refractivity contribution in [3.8, 4) is 5.75 Å². The van der Waals surface area contributed by atoms with Crippen LogP contribution in [0.4, 0.5) is 0 Å². The van der Waals surface area contributed by atoms with Crippen molar-refractivity contribution in [3.05, 3.63) is 72.1 Å². The molecular formula is C29H35N3O8S. The number of amides is 1. The number of likely N-dealkylation sites (N-methyl/N-ethyl adjacent to an activating group) is 1. The van der Waals surface area contributed by atoms with Crippen LogP contribution in [0, 0.1) is 0 Å². The Balaban J connectivity index is 1.55. The summed E-state index contributed by atoms with van der Waals surface area (Å²) in [4.78, 5) is 26.7. The first-order valence-electron chi connectivity index (χ1n) is 13.1. The van der Waals surface area contributed by atoms with Gasteiger partial charge >= 0.3 is 0 Å². The summed E-state index contributed by atoms with van der Waals surface area (Å²) in [5.74, 6) is -0.165. The van der Waals surface area contributed by atoms with E-state index in [9.17, 15) is 23.1 Å². The average Bonchev–Trinajstić information content (AvgIpc) is 3.36. The standard InChI is InChI=1S/C29H35N3O8S/c1-20(34)32-19-25(24-7-5-6-8-26(24)32)21-17-27(29(35)30(2)3)40-28(18-21)39-16-14-31(13-15-33)41(36,37)23-11-9-22(38-4)10-12-23/h5-12,17,19,21,28,33H,13-16,18H2,1-4H3/t21-,28+/m0/s1. The van der Waals surface area contributed by atoms with Crippen LogP contribution in [0.15, 0.2) is 71.5 Å². The first-order chi connectivity index (χ1) is 19.6. The molecule has 0 fully saturated rings. The van der Waals surface area contributed by atoms with Gasteiger partial charge in [-0.05, 0) is 42.0 Å². The second-order valence-electron chi connectivity index (χ2n) is 9.78. The van der Waals surface area contributed by atoms with Gasteiger partial charge in [0.2, 0.25) is 22.2 Å². The molecule has 3 aromatic rings. The fraction of sp³-hybridized carbons (Fsp3) is 0.379. The molecule has 0 aliphatic carbocycles. The highest BCUT2D eigenvalue weighted by atomic mass is 32.2. The average molecular weight is 586 g/mol. The second-order valence-corrected chi connectivity index (χ2v) is 11.7. The van der Waals surface area contributed by atoms with E-state index < -0.39 is 16.3 Å². The quantitative estimate of drug-likeness (QED) is 0.364. The van der Waals surface area contributed by atoms with Crippen molar-refractivity contribution in [3.63, 3.8) is 0 Å². The van der Waals surface area contributed by atoms with Crippen LogP contribution in [0.25, 0.3) is 10.9 Å².